The van der Waals surface area contributed by atoms with Gasteiger partial charge in [-0.1, -0.05) is 17.7 Å². The van der Waals surface area contributed by atoms with Crippen LogP contribution in [0.5, 0.6) is 5.75 Å². The Bertz CT molecular complexity index is 513. The van der Waals surface area contributed by atoms with Crippen LogP contribution in [0.3, 0.4) is 0 Å². The first-order valence-electron chi connectivity index (χ1n) is 5.07. The fourth-order valence-corrected chi connectivity index (χ4v) is 1.48. The Hall–Kier alpha value is -1.74. The summed E-state index contributed by atoms with van der Waals surface area (Å²) in [5, 5.41) is 0.112. The Labute approximate surface area is 104 Å². The van der Waals surface area contributed by atoms with E-state index in [0.29, 0.717) is 11.4 Å². The molecule has 0 atom stereocenters. The zero-order valence-corrected chi connectivity index (χ0v) is 9.75. The average molecular weight is 252 g/mol. The van der Waals surface area contributed by atoms with Crippen LogP contribution in [0.2, 0.25) is 5.02 Å². The molecule has 0 unspecified atom stereocenters. The van der Waals surface area contributed by atoms with E-state index in [1.807, 2.05) is 0 Å². The van der Waals surface area contributed by atoms with E-state index in [0.717, 1.165) is 5.56 Å². The van der Waals surface area contributed by atoms with Crippen molar-refractivity contribution in [3.8, 4) is 5.75 Å². The summed E-state index contributed by atoms with van der Waals surface area (Å²) < 4.78 is 18.6. The topological polar surface area (TPSA) is 35.2 Å². The predicted molar refractivity (Wildman–Crippen MR) is 66.6 cm³/mol. The van der Waals surface area contributed by atoms with Crippen molar-refractivity contribution < 1.29 is 9.13 Å². The Balaban J connectivity index is 2.02. The molecule has 2 N–H and O–H groups in total. The van der Waals surface area contributed by atoms with E-state index in [1.54, 1.807) is 30.3 Å². The maximum Gasteiger partial charge on any atom is 0.142 e. The zero-order valence-electron chi connectivity index (χ0n) is 8.99. The zero-order chi connectivity index (χ0) is 12.3. The Morgan fingerprint density at radius 1 is 1.12 bits per heavy atom. The third-order valence-electron chi connectivity index (χ3n) is 2.27. The molecule has 2 nitrogen and oxygen atoms in total. The number of nitrogen functional groups attached to an aromatic ring is 1. The van der Waals surface area contributed by atoms with Gasteiger partial charge in [0.15, 0.2) is 0 Å². The van der Waals surface area contributed by atoms with Gasteiger partial charge in [-0.3, -0.25) is 0 Å². The van der Waals surface area contributed by atoms with Crippen molar-refractivity contribution in [2.75, 3.05) is 5.73 Å². The second kappa shape index (κ2) is 5.06. The van der Waals surface area contributed by atoms with Crippen molar-refractivity contribution in [1.29, 1.82) is 0 Å². The van der Waals surface area contributed by atoms with Crippen LogP contribution in [0.25, 0.3) is 0 Å². The van der Waals surface area contributed by atoms with E-state index >= 15 is 0 Å². The lowest BCUT2D eigenvalue weighted by Gasteiger charge is -2.07. The van der Waals surface area contributed by atoms with Gasteiger partial charge in [0.25, 0.3) is 0 Å². The molecule has 4 heteroatoms. The fraction of sp³-hybridized carbons (Fsp3) is 0.0769. The standard InChI is InChI=1S/C13H11ClFNO/c14-12-6-1-9(7-13(12)15)8-17-11-4-2-10(16)3-5-11/h1-7H,8,16H2. The molecular weight excluding hydrogens is 241 g/mol. The van der Waals surface area contributed by atoms with Crippen molar-refractivity contribution >= 4 is 17.3 Å². The average Bonchev–Trinajstić information content (AvgIpc) is 2.33. The smallest absolute Gasteiger partial charge is 0.142 e. The molecule has 0 amide bonds. The summed E-state index contributed by atoms with van der Waals surface area (Å²) in [4.78, 5) is 0. The van der Waals surface area contributed by atoms with Gasteiger partial charge in [-0.05, 0) is 42.0 Å². The summed E-state index contributed by atoms with van der Waals surface area (Å²) in [6.07, 6.45) is 0. The molecule has 0 aliphatic carbocycles. The number of anilines is 1. The Morgan fingerprint density at radius 3 is 2.47 bits per heavy atom. The van der Waals surface area contributed by atoms with Crippen LogP contribution in [0.4, 0.5) is 10.1 Å². The van der Waals surface area contributed by atoms with Crippen molar-refractivity contribution in [3.05, 3.63) is 58.9 Å². The van der Waals surface area contributed by atoms with Crippen LogP contribution in [-0.2, 0) is 6.61 Å². The minimum atomic E-state index is -0.440. The molecule has 0 fully saturated rings. The van der Waals surface area contributed by atoms with E-state index in [4.69, 9.17) is 22.1 Å². The second-order valence-electron chi connectivity index (χ2n) is 3.61. The molecule has 0 spiro atoms. The van der Waals surface area contributed by atoms with E-state index < -0.39 is 5.82 Å². The lowest BCUT2D eigenvalue weighted by Crippen LogP contribution is -1.96. The number of halogens is 2. The highest BCUT2D eigenvalue weighted by Gasteiger charge is 2.01. The first-order valence-corrected chi connectivity index (χ1v) is 5.45. The number of hydrogen-bond acceptors (Lipinski definition) is 2. The maximum atomic E-state index is 13.2. The van der Waals surface area contributed by atoms with Gasteiger partial charge in [0, 0.05) is 5.69 Å². The van der Waals surface area contributed by atoms with E-state index in [2.05, 4.69) is 0 Å². The third-order valence-corrected chi connectivity index (χ3v) is 2.58. The molecule has 17 heavy (non-hydrogen) atoms. The summed E-state index contributed by atoms with van der Waals surface area (Å²) in [5.74, 6) is 0.250. The first-order chi connectivity index (χ1) is 8.15. The van der Waals surface area contributed by atoms with Gasteiger partial charge in [0.1, 0.15) is 18.2 Å². The van der Waals surface area contributed by atoms with Crippen molar-refractivity contribution in [1.82, 2.24) is 0 Å². The predicted octanol–water partition coefficient (Wildman–Crippen LogP) is 3.64. The molecule has 0 radical (unpaired) electrons. The molecular formula is C13H11ClFNO. The normalized spacial score (nSPS) is 10.2. The number of hydrogen-bond donors (Lipinski definition) is 1. The van der Waals surface area contributed by atoms with Crippen molar-refractivity contribution in [2.24, 2.45) is 0 Å². The first kappa shape index (κ1) is 11.7. The van der Waals surface area contributed by atoms with Gasteiger partial charge < -0.3 is 10.5 Å². The van der Waals surface area contributed by atoms with Crippen LogP contribution in [0, 0.1) is 5.82 Å². The third kappa shape index (κ3) is 3.11. The SMILES string of the molecule is Nc1ccc(OCc2ccc(Cl)c(F)c2)cc1. The van der Waals surface area contributed by atoms with Crippen molar-refractivity contribution in [2.45, 2.75) is 6.61 Å². The van der Waals surface area contributed by atoms with Crippen LogP contribution in [0.1, 0.15) is 5.56 Å². The minimum Gasteiger partial charge on any atom is -0.489 e. The van der Waals surface area contributed by atoms with E-state index in [1.165, 1.54) is 12.1 Å². The number of benzene rings is 2. The summed E-state index contributed by atoms with van der Waals surface area (Å²) >= 11 is 5.59. The maximum absolute atomic E-state index is 13.2. The van der Waals surface area contributed by atoms with Gasteiger partial charge in [-0.2, -0.15) is 0 Å². The van der Waals surface area contributed by atoms with Crippen LogP contribution in [0.15, 0.2) is 42.5 Å². The molecule has 2 rings (SSSR count). The molecule has 2 aromatic rings. The number of nitrogens with two attached hydrogens (primary N) is 1. The largest absolute Gasteiger partial charge is 0.489 e. The molecule has 0 aromatic heterocycles. The molecule has 88 valence electrons. The molecule has 0 saturated carbocycles. The molecule has 0 aliphatic rings. The summed E-state index contributed by atoms with van der Waals surface area (Å²) in [7, 11) is 0. The fourth-order valence-electron chi connectivity index (χ4n) is 1.36. The summed E-state index contributed by atoms with van der Waals surface area (Å²) in [5.41, 5.74) is 6.95. The van der Waals surface area contributed by atoms with Gasteiger partial charge in [0.2, 0.25) is 0 Å². The molecule has 0 heterocycles. The van der Waals surface area contributed by atoms with Gasteiger partial charge in [0.05, 0.1) is 5.02 Å². The summed E-state index contributed by atoms with van der Waals surface area (Å²) in [6.45, 7) is 0.290. The van der Waals surface area contributed by atoms with Gasteiger partial charge >= 0.3 is 0 Å². The van der Waals surface area contributed by atoms with Gasteiger partial charge in [-0.25, -0.2) is 4.39 Å². The lowest BCUT2D eigenvalue weighted by atomic mass is 10.2. The van der Waals surface area contributed by atoms with Gasteiger partial charge in [-0.15, -0.1) is 0 Å². The highest BCUT2D eigenvalue weighted by atomic mass is 35.5. The molecule has 0 saturated heterocycles. The Kier molecular flexibility index (Phi) is 3.49. The highest BCUT2D eigenvalue weighted by Crippen LogP contribution is 2.18. The monoisotopic (exact) mass is 251 g/mol. The molecule has 0 aliphatic heterocycles. The molecule has 2 aromatic carbocycles. The number of ether oxygens (including phenoxy) is 1. The molecule has 0 bridgehead atoms. The summed E-state index contributed by atoms with van der Waals surface area (Å²) in [6, 6.07) is 11.6. The quantitative estimate of drug-likeness (QED) is 0.846. The second-order valence-corrected chi connectivity index (χ2v) is 4.01. The van der Waals surface area contributed by atoms with E-state index in [9.17, 15) is 4.39 Å². The minimum absolute atomic E-state index is 0.112. The van der Waals surface area contributed by atoms with Crippen molar-refractivity contribution in [3.63, 3.8) is 0 Å². The van der Waals surface area contributed by atoms with Crippen LogP contribution >= 0.6 is 11.6 Å². The van der Waals surface area contributed by atoms with E-state index in [-0.39, 0.29) is 11.6 Å². The highest BCUT2D eigenvalue weighted by molar-refractivity contribution is 6.30. The lowest BCUT2D eigenvalue weighted by molar-refractivity contribution is 0.305. The van der Waals surface area contributed by atoms with Crippen LogP contribution < -0.4 is 10.5 Å². The van der Waals surface area contributed by atoms with Crippen LogP contribution in [-0.4, -0.2) is 0 Å². The Morgan fingerprint density at radius 2 is 1.82 bits per heavy atom. The number of rotatable bonds is 3.